The molecule has 234 valence electrons. The zero-order valence-corrected chi connectivity index (χ0v) is 24.8. The lowest BCUT2D eigenvalue weighted by molar-refractivity contribution is -0.181. The topological polar surface area (TPSA) is 158 Å². The zero-order valence-electron chi connectivity index (χ0n) is 24.8. The molecule has 5 rings (SSSR count). The van der Waals surface area contributed by atoms with E-state index in [2.05, 4.69) is 0 Å². The van der Waals surface area contributed by atoms with Crippen LogP contribution in [0.15, 0.2) is 6.07 Å². The molecule has 10 nitrogen and oxygen atoms in total. The quantitative estimate of drug-likeness (QED) is 0.410. The van der Waals surface area contributed by atoms with Crippen LogP contribution in [0.5, 0.6) is 5.75 Å². The Morgan fingerprint density at radius 1 is 1.07 bits per heavy atom. The minimum atomic E-state index is -2.78. The van der Waals surface area contributed by atoms with Crippen LogP contribution < -0.4 is 10.6 Å². The first kappa shape index (κ1) is 31.2. The second kappa shape index (κ2) is 11.0. The van der Waals surface area contributed by atoms with Gasteiger partial charge in [-0.25, -0.2) is 8.78 Å². The van der Waals surface area contributed by atoms with Gasteiger partial charge in [0, 0.05) is 31.6 Å². The van der Waals surface area contributed by atoms with Gasteiger partial charge in [0.15, 0.2) is 34.7 Å². The molecule has 0 saturated heterocycles. The molecule has 1 amide bonds. The van der Waals surface area contributed by atoms with Crippen molar-refractivity contribution >= 4 is 34.7 Å². The molecule has 6 atom stereocenters. The van der Waals surface area contributed by atoms with Crippen molar-refractivity contribution in [3.05, 3.63) is 22.8 Å². The van der Waals surface area contributed by atoms with Gasteiger partial charge < -0.3 is 20.8 Å². The Bertz CT molecular complexity index is 1390. The molecular formula is C31H39F2N3O7. The molecule has 0 aromatic heterocycles. The second-order valence-electron chi connectivity index (χ2n) is 13.3. The number of alkyl halides is 2. The number of likely N-dealkylation sites (N-methyl/N-ethyl adjacent to an activating group) is 1. The highest BCUT2D eigenvalue weighted by Gasteiger charge is 2.69. The molecule has 0 heterocycles. The Hall–Kier alpha value is -3.25. The van der Waals surface area contributed by atoms with E-state index >= 15 is 0 Å². The molecule has 0 radical (unpaired) electrons. The minimum absolute atomic E-state index is 0.0212. The van der Waals surface area contributed by atoms with Crippen LogP contribution in [0.1, 0.15) is 53.6 Å². The Kier molecular flexibility index (Phi) is 8.00. The SMILES string of the molecule is CN(C)c1cc(CC2CCC(C(F)F)CC2)c(O)c2c1C[C@H]1C[C@H]3[C@@H](N(C)C)C(=O)C(C(N)=O)C(=O)[C@@]3(O)C(=O)C1C2=O. The van der Waals surface area contributed by atoms with Crippen molar-refractivity contribution in [2.75, 3.05) is 33.1 Å². The Morgan fingerprint density at radius 2 is 1.70 bits per heavy atom. The van der Waals surface area contributed by atoms with E-state index in [4.69, 9.17) is 5.73 Å². The van der Waals surface area contributed by atoms with Crippen LogP contribution in [-0.4, -0.2) is 90.4 Å². The Balaban J connectivity index is 1.55. The van der Waals surface area contributed by atoms with Gasteiger partial charge in [-0.15, -0.1) is 0 Å². The summed E-state index contributed by atoms with van der Waals surface area (Å²) in [4.78, 5) is 70.4. The number of carbonyl (C=O) groups excluding carboxylic acids is 5. The lowest BCUT2D eigenvalue weighted by Gasteiger charge is -2.52. The summed E-state index contributed by atoms with van der Waals surface area (Å²) in [6, 6.07) is 0.640. The van der Waals surface area contributed by atoms with E-state index in [0.717, 1.165) is 0 Å². The van der Waals surface area contributed by atoms with E-state index in [1.165, 1.54) is 4.90 Å². The predicted molar refractivity (Wildman–Crippen MR) is 151 cm³/mol. The number of aliphatic hydroxyl groups is 1. The number of halogens is 2. The average Bonchev–Trinajstić information content (AvgIpc) is 2.92. The lowest BCUT2D eigenvalue weighted by atomic mass is 9.52. The zero-order chi connectivity index (χ0) is 31.7. The number of phenolic OH excluding ortho intramolecular Hbond substituents is 1. The first-order valence-electron chi connectivity index (χ1n) is 14.8. The molecule has 1 aromatic rings. The van der Waals surface area contributed by atoms with Gasteiger partial charge in [0.2, 0.25) is 12.3 Å². The molecule has 0 aliphatic heterocycles. The number of amides is 1. The maximum absolute atomic E-state index is 14.2. The number of carbonyl (C=O) groups is 5. The standard InChI is InChI=1S/C31H39F2N3O7/c1-35(2)19-12-16(9-13-5-7-14(8-6-13)29(32)33)24(37)21-17(19)10-15-11-18-23(36(3)4)26(39)22(30(34)42)28(41)31(18,43)27(40)20(15)25(21)38/h12-15,18,20,22-23,29,37,43H,5-11H2,1-4H3,(H2,34,42)/t13?,14?,15-,18-,20?,22?,23+,31-/m0/s1. The number of anilines is 1. The molecule has 3 saturated carbocycles. The fourth-order valence-electron chi connectivity index (χ4n) is 8.22. The average molecular weight is 604 g/mol. The normalized spacial score (nSPS) is 34.2. The van der Waals surface area contributed by atoms with Crippen LogP contribution in [0.2, 0.25) is 0 Å². The molecule has 4 aliphatic rings. The third kappa shape index (κ3) is 4.77. The highest BCUT2D eigenvalue weighted by Crippen LogP contribution is 2.52. The smallest absolute Gasteiger partial charge is 0.241 e. The number of Topliss-reactive ketones (excluding diaryl/α,β-unsaturated/α-hetero) is 4. The molecule has 2 unspecified atom stereocenters. The third-order valence-electron chi connectivity index (χ3n) is 10.4. The first-order chi connectivity index (χ1) is 20.1. The Morgan fingerprint density at radius 3 is 2.23 bits per heavy atom. The molecule has 1 aromatic carbocycles. The molecule has 4 aliphatic carbocycles. The van der Waals surface area contributed by atoms with Gasteiger partial charge in [0.1, 0.15) is 5.75 Å². The van der Waals surface area contributed by atoms with Crippen molar-refractivity contribution in [1.29, 1.82) is 0 Å². The number of hydrogen-bond acceptors (Lipinski definition) is 9. The number of rotatable bonds is 6. The van der Waals surface area contributed by atoms with Gasteiger partial charge >= 0.3 is 0 Å². The summed E-state index contributed by atoms with van der Waals surface area (Å²) in [6.07, 6.45) is 0.0194. The number of ketones is 4. The second-order valence-corrected chi connectivity index (χ2v) is 13.3. The number of hydrogen-bond donors (Lipinski definition) is 3. The van der Waals surface area contributed by atoms with Gasteiger partial charge in [-0.3, -0.25) is 28.9 Å². The van der Waals surface area contributed by atoms with Gasteiger partial charge in [-0.1, -0.05) is 0 Å². The van der Waals surface area contributed by atoms with E-state index in [0.29, 0.717) is 48.9 Å². The summed E-state index contributed by atoms with van der Waals surface area (Å²) in [7, 11) is 6.66. The maximum atomic E-state index is 14.2. The van der Waals surface area contributed by atoms with Crippen LogP contribution in [0.3, 0.4) is 0 Å². The van der Waals surface area contributed by atoms with Crippen molar-refractivity contribution < 1.29 is 43.0 Å². The van der Waals surface area contributed by atoms with Crippen molar-refractivity contribution in [3.8, 4) is 5.75 Å². The highest BCUT2D eigenvalue weighted by molar-refractivity contribution is 6.32. The summed E-state index contributed by atoms with van der Waals surface area (Å²) >= 11 is 0. The highest BCUT2D eigenvalue weighted by atomic mass is 19.3. The first-order valence-corrected chi connectivity index (χ1v) is 14.8. The maximum Gasteiger partial charge on any atom is 0.241 e. The fraction of sp³-hybridized carbons (Fsp3) is 0.645. The fourth-order valence-corrected chi connectivity index (χ4v) is 8.22. The van der Waals surface area contributed by atoms with Crippen molar-refractivity contribution in [2.24, 2.45) is 41.2 Å². The van der Waals surface area contributed by atoms with Gasteiger partial charge in [-0.2, -0.15) is 0 Å². The summed E-state index contributed by atoms with van der Waals surface area (Å²) in [6.45, 7) is 0. The molecule has 0 bridgehead atoms. The number of phenols is 1. The van der Waals surface area contributed by atoms with Crippen LogP contribution in [-0.2, 0) is 32.0 Å². The van der Waals surface area contributed by atoms with E-state index in [1.807, 2.05) is 0 Å². The molecule has 3 fully saturated rings. The number of nitrogens with two attached hydrogens (primary N) is 1. The number of fused-ring (bicyclic) bond motifs is 3. The number of primary amides is 1. The number of benzene rings is 1. The van der Waals surface area contributed by atoms with E-state index in [-0.39, 0.29) is 30.1 Å². The van der Waals surface area contributed by atoms with Crippen molar-refractivity contribution in [3.63, 3.8) is 0 Å². The third-order valence-corrected chi connectivity index (χ3v) is 10.4. The van der Waals surface area contributed by atoms with Crippen LogP contribution in [0.25, 0.3) is 0 Å². The van der Waals surface area contributed by atoms with Gasteiger partial charge in [0.05, 0.1) is 17.5 Å². The van der Waals surface area contributed by atoms with Crippen LogP contribution in [0, 0.1) is 35.5 Å². The lowest BCUT2D eigenvalue weighted by Crippen LogP contribution is -2.74. The van der Waals surface area contributed by atoms with Crippen LogP contribution >= 0.6 is 0 Å². The summed E-state index contributed by atoms with van der Waals surface area (Å²) < 4.78 is 26.4. The molecule has 43 heavy (non-hydrogen) atoms. The molecule has 0 spiro atoms. The van der Waals surface area contributed by atoms with E-state index < -0.39 is 76.7 Å². The summed E-state index contributed by atoms with van der Waals surface area (Å²) in [5.41, 5.74) is 4.21. The summed E-state index contributed by atoms with van der Waals surface area (Å²) in [5.74, 6) is -11.4. The van der Waals surface area contributed by atoms with Crippen molar-refractivity contribution in [2.45, 2.75) is 63.0 Å². The molecule has 4 N–H and O–H groups in total. The molecule has 12 heteroatoms. The monoisotopic (exact) mass is 603 g/mol. The van der Waals surface area contributed by atoms with E-state index in [9.17, 15) is 43.0 Å². The van der Waals surface area contributed by atoms with Gasteiger partial charge in [-0.05, 0) is 88.1 Å². The van der Waals surface area contributed by atoms with Gasteiger partial charge in [0.25, 0.3) is 0 Å². The van der Waals surface area contributed by atoms with Crippen molar-refractivity contribution in [1.82, 2.24) is 4.90 Å². The Labute approximate surface area is 248 Å². The number of nitrogens with zero attached hydrogens (tertiary/aromatic N) is 2. The number of aromatic hydroxyl groups is 1. The summed E-state index contributed by atoms with van der Waals surface area (Å²) in [5, 5.41) is 23.2. The largest absolute Gasteiger partial charge is 0.507 e. The van der Waals surface area contributed by atoms with Crippen LogP contribution in [0.4, 0.5) is 14.5 Å². The predicted octanol–water partition coefficient (Wildman–Crippen LogP) is 1.55. The molecular weight excluding hydrogens is 564 g/mol. The minimum Gasteiger partial charge on any atom is -0.507 e. The van der Waals surface area contributed by atoms with E-state index in [1.54, 1.807) is 39.2 Å².